The Morgan fingerprint density at radius 2 is 2.00 bits per heavy atom. The number of benzene rings is 1. The molecular weight excluding hydrogens is 234 g/mol. The van der Waals surface area contributed by atoms with Gasteiger partial charge in [0.05, 0.1) is 12.1 Å². The Labute approximate surface area is 107 Å². The Morgan fingerprint density at radius 3 is 2.59 bits per heavy atom. The third-order valence-electron chi connectivity index (χ3n) is 2.94. The van der Waals surface area contributed by atoms with E-state index in [1.54, 1.807) is 7.11 Å². The zero-order valence-electron chi connectivity index (χ0n) is 10.5. The van der Waals surface area contributed by atoms with Gasteiger partial charge in [0.15, 0.2) is 0 Å². The topological polar surface area (TPSA) is 22.1 Å². The van der Waals surface area contributed by atoms with Crippen molar-refractivity contribution in [2.45, 2.75) is 26.7 Å². The van der Waals surface area contributed by atoms with E-state index in [0.717, 1.165) is 32.9 Å². The van der Waals surface area contributed by atoms with Gasteiger partial charge in [0.1, 0.15) is 11.3 Å². The summed E-state index contributed by atoms with van der Waals surface area (Å²) in [5.41, 5.74) is 2.93. The lowest BCUT2D eigenvalue weighted by Crippen LogP contribution is -1.99. The Morgan fingerprint density at radius 1 is 1.29 bits per heavy atom. The predicted molar refractivity (Wildman–Crippen MR) is 72.1 cm³/mol. The number of halogens is 1. The predicted octanol–water partition coefficient (Wildman–Crippen LogP) is 4.33. The van der Waals surface area contributed by atoms with Gasteiger partial charge in [-0.2, -0.15) is 0 Å². The number of aryl methyl sites for hydroxylation is 1. The van der Waals surface area contributed by atoms with Gasteiger partial charge in [-0.05, 0) is 24.5 Å². The van der Waals surface area contributed by atoms with Crippen molar-refractivity contribution in [3.63, 3.8) is 0 Å². The van der Waals surface area contributed by atoms with Crippen LogP contribution in [-0.4, -0.2) is 12.1 Å². The van der Waals surface area contributed by atoms with E-state index >= 15 is 0 Å². The molecule has 0 spiro atoms. The molecule has 0 N–H and O–H groups in total. The maximum Gasteiger partial charge on any atom is 0.145 e. The summed E-state index contributed by atoms with van der Waals surface area (Å²) in [4.78, 5) is 4.62. The van der Waals surface area contributed by atoms with Crippen molar-refractivity contribution in [2.75, 3.05) is 7.11 Å². The molecule has 90 valence electrons. The molecule has 1 heterocycles. The van der Waals surface area contributed by atoms with Crippen LogP contribution in [0.5, 0.6) is 5.75 Å². The molecule has 0 aliphatic rings. The Bertz CT molecular complexity index is 564. The number of fused-ring (bicyclic) bond motifs is 1. The largest absolute Gasteiger partial charge is 0.494 e. The molecule has 1 aromatic heterocycles. The summed E-state index contributed by atoms with van der Waals surface area (Å²) in [5.74, 6) is 1.13. The van der Waals surface area contributed by atoms with Gasteiger partial charge in [-0.25, -0.2) is 4.98 Å². The Kier molecular flexibility index (Phi) is 3.25. The fourth-order valence-electron chi connectivity index (χ4n) is 2.18. The van der Waals surface area contributed by atoms with Crippen LogP contribution in [0, 0.1) is 6.92 Å². The molecule has 0 aliphatic carbocycles. The van der Waals surface area contributed by atoms with Gasteiger partial charge in [-0.1, -0.05) is 37.6 Å². The number of nitrogens with zero attached hydrogens (tertiary/aromatic N) is 1. The smallest absolute Gasteiger partial charge is 0.145 e. The second-order valence-corrected chi connectivity index (χ2v) is 4.81. The Balaban J connectivity index is 2.85. The highest BCUT2D eigenvalue weighted by atomic mass is 35.5. The first-order valence-corrected chi connectivity index (χ1v) is 6.06. The Hall–Kier alpha value is -1.28. The first-order chi connectivity index (χ1) is 8.06. The van der Waals surface area contributed by atoms with Crippen LogP contribution in [-0.2, 0) is 0 Å². The molecule has 0 radical (unpaired) electrons. The van der Waals surface area contributed by atoms with E-state index < -0.39 is 0 Å². The maximum absolute atomic E-state index is 6.48. The standard InChI is InChI=1S/C14H16ClNO/c1-8(2)12-9(3)16-14-10(13(12)15)6-5-7-11(14)17-4/h5-8H,1-4H3. The lowest BCUT2D eigenvalue weighted by atomic mass is 9.99. The maximum atomic E-state index is 6.48. The minimum Gasteiger partial charge on any atom is -0.494 e. The van der Waals surface area contributed by atoms with Gasteiger partial charge in [0, 0.05) is 11.1 Å². The number of pyridine rings is 1. The normalized spacial score (nSPS) is 11.2. The SMILES string of the molecule is COc1cccc2c(Cl)c(C(C)C)c(C)nc12. The molecule has 0 aliphatic heterocycles. The van der Waals surface area contributed by atoms with Crippen LogP contribution in [0.1, 0.15) is 31.0 Å². The quantitative estimate of drug-likeness (QED) is 0.790. The van der Waals surface area contributed by atoms with E-state index in [0.29, 0.717) is 5.92 Å². The molecule has 0 saturated heterocycles. The van der Waals surface area contributed by atoms with Crippen molar-refractivity contribution in [3.05, 3.63) is 34.5 Å². The van der Waals surface area contributed by atoms with E-state index in [-0.39, 0.29) is 0 Å². The molecule has 0 amide bonds. The summed E-state index contributed by atoms with van der Waals surface area (Å²) in [6.07, 6.45) is 0. The molecule has 0 saturated carbocycles. The van der Waals surface area contributed by atoms with Crippen LogP contribution in [0.4, 0.5) is 0 Å². The van der Waals surface area contributed by atoms with Crippen molar-refractivity contribution in [1.29, 1.82) is 0 Å². The molecule has 0 atom stereocenters. The van der Waals surface area contributed by atoms with Crippen molar-refractivity contribution in [3.8, 4) is 5.75 Å². The van der Waals surface area contributed by atoms with E-state index in [1.807, 2.05) is 25.1 Å². The minimum atomic E-state index is 0.366. The van der Waals surface area contributed by atoms with Gasteiger partial charge in [0.2, 0.25) is 0 Å². The highest BCUT2D eigenvalue weighted by Gasteiger charge is 2.15. The van der Waals surface area contributed by atoms with Gasteiger partial charge in [0.25, 0.3) is 0 Å². The summed E-state index contributed by atoms with van der Waals surface area (Å²) in [6.45, 7) is 6.25. The van der Waals surface area contributed by atoms with E-state index in [4.69, 9.17) is 16.3 Å². The van der Waals surface area contributed by atoms with Crippen LogP contribution in [0.2, 0.25) is 5.02 Å². The molecule has 0 bridgehead atoms. The number of aromatic nitrogens is 1. The number of methoxy groups -OCH3 is 1. The summed E-state index contributed by atoms with van der Waals surface area (Å²) in [6, 6.07) is 5.83. The molecular formula is C14H16ClNO. The summed E-state index contributed by atoms with van der Waals surface area (Å²) < 4.78 is 5.32. The number of hydrogen-bond acceptors (Lipinski definition) is 2. The zero-order chi connectivity index (χ0) is 12.6. The molecule has 1 aromatic carbocycles. The van der Waals surface area contributed by atoms with Crippen LogP contribution in [0.15, 0.2) is 18.2 Å². The molecule has 17 heavy (non-hydrogen) atoms. The fraction of sp³-hybridized carbons (Fsp3) is 0.357. The van der Waals surface area contributed by atoms with Crippen molar-refractivity contribution in [1.82, 2.24) is 4.98 Å². The zero-order valence-corrected chi connectivity index (χ0v) is 11.3. The summed E-state index contributed by atoms with van der Waals surface area (Å²) >= 11 is 6.48. The third-order valence-corrected chi connectivity index (χ3v) is 3.35. The van der Waals surface area contributed by atoms with Crippen molar-refractivity contribution >= 4 is 22.5 Å². The van der Waals surface area contributed by atoms with Crippen LogP contribution in [0.25, 0.3) is 10.9 Å². The van der Waals surface area contributed by atoms with E-state index in [9.17, 15) is 0 Å². The van der Waals surface area contributed by atoms with Crippen molar-refractivity contribution < 1.29 is 4.74 Å². The van der Waals surface area contributed by atoms with Gasteiger partial charge < -0.3 is 4.74 Å². The lowest BCUT2D eigenvalue weighted by molar-refractivity contribution is 0.419. The highest BCUT2D eigenvalue weighted by molar-refractivity contribution is 6.36. The van der Waals surface area contributed by atoms with E-state index in [1.165, 1.54) is 0 Å². The van der Waals surface area contributed by atoms with Gasteiger partial charge in [-0.15, -0.1) is 0 Å². The molecule has 3 heteroatoms. The number of para-hydroxylation sites is 1. The van der Waals surface area contributed by atoms with Crippen LogP contribution < -0.4 is 4.74 Å². The highest BCUT2D eigenvalue weighted by Crippen LogP contribution is 2.35. The van der Waals surface area contributed by atoms with Gasteiger partial charge in [-0.3, -0.25) is 0 Å². The number of hydrogen-bond donors (Lipinski definition) is 0. The molecule has 2 rings (SSSR count). The molecule has 0 unspecified atom stereocenters. The average molecular weight is 250 g/mol. The van der Waals surface area contributed by atoms with Crippen molar-refractivity contribution in [2.24, 2.45) is 0 Å². The van der Waals surface area contributed by atoms with E-state index in [2.05, 4.69) is 18.8 Å². The fourth-order valence-corrected chi connectivity index (χ4v) is 2.69. The lowest BCUT2D eigenvalue weighted by Gasteiger charge is -2.15. The van der Waals surface area contributed by atoms with Gasteiger partial charge >= 0.3 is 0 Å². The summed E-state index contributed by atoms with van der Waals surface area (Å²) in [7, 11) is 1.65. The second-order valence-electron chi connectivity index (χ2n) is 4.44. The third kappa shape index (κ3) is 1.98. The number of ether oxygens (including phenoxy) is 1. The van der Waals surface area contributed by atoms with Crippen LogP contribution >= 0.6 is 11.6 Å². The molecule has 2 nitrogen and oxygen atoms in total. The molecule has 0 fully saturated rings. The molecule has 2 aromatic rings. The average Bonchev–Trinajstić information content (AvgIpc) is 2.28. The monoisotopic (exact) mass is 249 g/mol. The van der Waals surface area contributed by atoms with Crippen LogP contribution in [0.3, 0.4) is 0 Å². The second kappa shape index (κ2) is 4.53. The first kappa shape index (κ1) is 12.2. The first-order valence-electron chi connectivity index (χ1n) is 5.69. The minimum absolute atomic E-state index is 0.366. The summed E-state index contributed by atoms with van der Waals surface area (Å²) in [5, 5.41) is 1.75. The number of rotatable bonds is 2.